The molecule has 0 bridgehead atoms. The first-order valence-corrected chi connectivity index (χ1v) is 18.3. The molecule has 0 aliphatic heterocycles. The zero-order valence-electron chi connectivity index (χ0n) is 32.7. The molecule has 1 N–H and O–H groups in total. The van der Waals surface area contributed by atoms with Crippen molar-refractivity contribution in [3.63, 3.8) is 0 Å². The second-order valence-electron chi connectivity index (χ2n) is 12.5. The van der Waals surface area contributed by atoms with Crippen LogP contribution in [-0.4, -0.2) is 58.1 Å². The topological polar surface area (TPSA) is 188 Å². The Hall–Kier alpha value is -7.18. The number of carbonyl (C=O) groups is 2. The van der Waals surface area contributed by atoms with Crippen LogP contribution in [0.2, 0.25) is 10.0 Å². The molecule has 2 aromatic heterocycles. The van der Waals surface area contributed by atoms with E-state index < -0.39 is 46.1 Å². The summed E-state index contributed by atoms with van der Waals surface area (Å²) in [6, 6.07) is 19.3. The van der Waals surface area contributed by atoms with Gasteiger partial charge in [-0.25, -0.2) is 37.1 Å². The number of hydrogen-bond donors (Lipinski definition) is 1. The van der Waals surface area contributed by atoms with Gasteiger partial charge >= 0.3 is 23.3 Å². The molecule has 0 saturated carbocycles. The van der Waals surface area contributed by atoms with Gasteiger partial charge in [-0.3, -0.25) is 9.59 Å². The molecule has 0 unspecified atom stereocenters. The van der Waals surface area contributed by atoms with Gasteiger partial charge in [0.1, 0.15) is 23.1 Å². The summed E-state index contributed by atoms with van der Waals surface area (Å²) in [5.74, 6) is -2.25. The number of carbonyl (C=O) groups excluding carboxylic acids is 2. The van der Waals surface area contributed by atoms with E-state index in [2.05, 4.69) is 14.5 Å². The number of nitrogens with one attached hydrogen (secondary N) is 1. The number of aromatic nitrogens is 4. The molecule has 6 rings (SSSR count). The fourth-order valence-corrected chi connectivity index (χ4v) is 5.64. The molecule has 0 aliphatic carbocycles. The van der Waals surface area contributed by atoms with E-state index in [9.17, 15) is 37.5 Å². The Labute approximate surface area is 353 Å². The molecular weight excluding hydrogens is 849 g/mol. The molecule has 0 saturated heterocycles. The first-order chi connectivity index (χ1) is 29.0. The summed E-state index contributed by atoms with van der Waals surface area (Å²) in [5.41, 5.74) is -2.85. The Morgan fingerprint density at radius 3 is 1.49 bits per heavy atom. The number of benzene rings is 4. The highest BCUT2D eigenvalue weighted by molar-refractivity contribution is 6.32. The minimum atomic E-state index is -0.890. The largest absolute Gasteiger partial charge is 0.478 e. The molecule has 2 heterocycles. The lowest BCUT2D eigenvalue weighted by Gasteiger charge is -2.15. The fraction of sp³-hybridized carbons (Fsp3) is 0.171. The lowest BCUT2D eigenvalue weighted by molar-refractivity contribution is -0.143. The van der Waals surface area contributed by atoms with Gasteiger partial charge in [-0.15, -0.1) is 0 Å². The SMILES string of the molecule is COC(=O)COc1ccccc1Oc1cc(-n2c(=O)cc(C)[nH]c2=O)c(F)cc1Cl.COC(=O)COc1ccccc1Oc1cc(-n2c(=O)cc(C)n(C)c2=O)c(F)cc1Cl. The monoisotopic (exact) mass is 882 g/mol. The van der Waals surface area contributed by atoms with Gasteiger partial charge in [-0.1, -0.05) is 47.5 Å². The predicted octanol–water partition coefficient (Wildman–Crippen LogP) is 5.95. The zero-order valence-corrected chi connectivity index (χ0v) is 34.3. The minimum absolute atomic E-state index is 0.0262. The van der Waals surface area contributed by atoms with E-state index in [1.807, 2.05) is 0 Å². The predicted molar refractivity (Wildman–Crippen MR) is 217 cm³/mol. The summed E-state index contributed by atoms with van der Waals surface area (Å²) in [6.45, 7) is 2.41. The molecule has 0 aliphatic rings. The van der Waals surface area contributed by atoms with Crippen LogP contribution in [0.3, 0.4) is 0 Å². The number of esters is 2. The van der Waals surface area contributed by atoms with Gasteiger partial charge in [-0.2, -0.15) is 0 Å². The quantitative estimate of drug-likeness (QED) is 0.143. The van der Waals surface area contributed by atoms with E-state index in [-0.39, 0.29) is 69.1 Å². The van der Waals surface area contributed by atoms with Crippen LogP contribution in [0, 0.1) is 25.5 Å². The van der Waals surface area contributed by atoms with E-state index in [1.165, 1.54) is 44.9 Å². The van der Waals surface area contributed by atoms with E-state index >= 15 is 0 Å². The number of nitrogens with zero attached hydrogens (tertiary/aromatic N) is 3. The lowest BCUT2D eigenvalue weighted by atomic mass is 10.2. The van der Waals surface area contributed by atoms with Gasteiger partial charge in [0.05, 0.1) is 35.6 Å². The average Bonchev–Trinajstić information content (AvgIpc) is 3.22. The molecule has 16 nitrogen and oxygen atoms in total. The van der Waals surface area contributed by atoms with Gasteiger partial charge in [0, 0.05) is 42.7 Å². The number of halogens is 4. The molecule has 0 amide bonds. The molecule has 0 fully saturated rings. The summed E-state index contributed by atoms with van der Waals surface area (Å²) in [4.78, 5) is 74.5. The Morgan fingerprint density at radius 2 is 1.05 bits per heavy atom. The third-order valence-corrected chi connectivity index (χ3v) is 8.99. The van der Waals surface area contributed by atoms with Crippen molar-refractivity contribution in [2.24, 2.45) is 7.05 Å². The van der Waals surface area contributed by atoms with Gasteiger partial charge in [-0.05, 0) is 50.2 Å². The Bertz CT molecular complexity index is 2840. The van der Waals surface area contributed by atoms with Crippen LogP contribution in [0.1, 0.15) is 11.4 Å². The molecule has 20 heteroatoms. The summed E-state index contributed by atoms with van der Waals surface area (Å²) < 4.78 is 63.0. The van der Waals surface area contributed by atoms with Crippen molar-refractivity contribution in [3.8, 4) is 45.9 Å². The molecule has 61 heavy (non-hydrogen) atoms. The van der Waals surface area contributed by atoms with Crippen LogP contribution in [0.15, 0.2) is 104 Å². The van der Waals surface area contributed by atoms with Crippen LogP contribution in [-0.2, 0) is 26.1 Å². The molecule has 0 radical (unpaired) electrons. The van der Waals surface area contributed by atoms with Crippen LogP contribution < -0.4 is 41.4 Å². The van der Waals surface area contributed by atoms with Crippen molar-refractivity contribution in [3.05, 3.63) is 160 Å². The number of methoxy groups -OCH3 is 2. The number of ether oxygens (including phenoxy) is 6. The lowest BCUT2D eigenvalue weighted by Crippen LogP contribution is -2.38. The van der Waals surface area contributed by atoms with Crippen molar-refractivity contribution < 1.29 is 46.8 Å². The highest BCUT2D eigenvalue weighted by Crippen LogP contribution is 2.38. The Morgan fingerprint density at radius 1 is 0.623 bits per heavy atom. The fourth-order valence-electron chi connectivity index (χ4n) is 5.27. The van der Waals surface area contributed by atoms with Crippen molar-refractivity contribution in [2.75, 3.05) is 27.4 Å². The number of H-pyrrole nitrogens is 1. The van der Waals surface area contributed by atoms with Crippen LogP contribution in [0.25, 0.3) is 11.4 Å². The van der Waals surface area contributed by atoms with E-state index in [0.717, 1.165) is 30.3 Å². The standard InChI is InChI=1S/C21H18ClFN2O6.C20H16ClFN2O6/c1-12-8-19(26)25(21(28)24(12)2)15-10-18(13(22)9-14(15)23)31-17-7-5-4-6-16(17)30-11-20(27)29-3;1-11-7-18(25)24(20(27)23-11)14-9-17(12(21)8-13(14)22)30-16-6-4-3-5-15(16)29-10-19(26)28-2/h4-10H,11H2,1-3H3;3-9H,10H2,1-2H3,(H,23,27). The molecule has 4 aromatic carbocycles. The van der Waals surface area contributed by atoms with E-state index in [1.54, 1.807) is 49.4 Å². The average molecular weight is 884 g/mol. The molecule has 6 aromatic rings. The number of aryl methyl sites for hydroxylation is 2. The second kappa shape index (κ2) is 19.7. The van der Waals surface area contributed by atoms with Crippen molar-refractivity contribution in [1.29, 1.82) is 0 Å². The molecule has 318 valence electrons. The van der Waals surface area contributed by atoms with Crippen molar-refractivity contribution >= 4 is 35.1 Å². The maximum atomic E-state index is 14.7. The van der Waals surface area contributed by atoms with Gasteiger partial charge in [0.2, 0.25) is 0 Å². The zero-order chi connectivity index (χ0) is 44.5. The highest BCUT2D eigenvalue weighted by Gasteiger charge is 2.20. The maximum Gasteiger partial charge on any atom is 0.343 e. The number of rotatable bonds is 12. The summed E-state index contributed by atoms with van der Waals surface area (Å²) in [7, 11) is 3.92. The third kappa shape index (κ3) is 10.7. The minimum Gasteiger partial charge on any atom is -0.478 e. The molecule has 0 spiro atoms. The Kier molecular flexibility index (Phi) is 14.5. The summed E-state index contributed by atoms with van der Waals surface area (Å²) >= 11 is 12.2. The number of para-hydroxylation sites is 4. The van der Waals surface area contributed by atoms with E-state index in [4.69, 9.17) is 42.1 Å². The third-order valence-electron chi connectivity index (χ3n) is 8.40. The molecule has 0 atom stereocenters. The normalized spacial score (nSPS) is 10.6. The number of aromatic amines is 1. The van der Waals surface area contributed by atoms with Gasteiger partial charge < -0.3 is 38.0 Å². The smallest absolute Gasteiger partial charge is 0.343 e. The van der Waals surface area contributed by atoms with Crippen LogP contribution in [0.5, 0.6) is 34.5 Å². The maximum absolute atomic E-state index is 14.7. The Balaban J connectivity index is 0.000000231. The number of hydrogen-bond acceptors (Lipinski definition) is 12. The molecular formula is C41H34Cl2F2N4O12. The first kappa shape index (κ1) is 44.9. The van der Waals surface area contributed by atoms with Crippen molar-refractivity contribution in [2.45, 2.75) is 13.8 Å². The summed E-state index contributed by atoms with van der Waals surface area (Å²) in [6.07, 6.45) is 0. The highest BCUT2D eigenvalue weighted by atomic mass is 35.5. The van der Waals surface area contributed by atoms with Crippen LogP contribution in [0.4, 0.5) is 8.78 Å². The van der Waals surface area contributed by atoms with Gasteiger partial charge in [0.15, 0.2) is 36.2 Å². The summed E-state index contributed by atoms with van der Waals surface area (Å²) in [5, 5.41) is -0.198. The van der Waals surface area contributed by atoms with Gasteiger partial charge in [0.25, 0.3) is 11.1 Å². The first-order valence-electron chi connectivity index (χ1n) is 17.6. The van der Waals surface area contributed by atoms with Crippen molar-refractivity contribution in [1.82, 2.24) is 18.7 Å². The second-order valence-corrected chi connectivity index (χ2v) is 13.3. The van der Waals surface area contributed by atoms with E-state index in [0.29, 0.717) is 20.5 Å². The van der Waals surface area contributed by atoms with Crippen LogP contribution >= 0.6 is 23.2 Å².